The summed E-state index contributed by atoms with van der Waals surface area (Å²) in [4.78, 5) is 23.8. The molecular weight excluding hydrogens is 324 g/mol. The normalized spacial score (nSPS) is 16.2. The van der Waals surface area contributed by atoms with Crippen LogP contribution in [0.2, 0.25) is 0 Å². The lowest BCUT2D eigenvalue weighted by Crippen LogP contribution is -2.08. The van der Waals surface area contributed by atoms with Crippen LogP contribution in [0.1, 0.15) is 42.4 Å². The van der Waals surface area contributed by atoms with Crippen molar-refractivity contribution in [3.8, 4) is 5.75 Å². The molecule has 0 saturated heterocycles. The van der Waals surface area contributed by atoms with Crippen LogP contribution in [-0.4, -0.2) is 11.8 Å². The first-order valence-corrected chi connectivity index (χ1v) is 8.90. The fourth-order valence-electron chi connectivity index (χ4n) is 2.88. The van der Waals surface area contributed by atoms with Crippen molar-refractivity contribution >= 4 is 23.9 Å². The molecule has 0 spiro atoms. The first kappa shape index (κ1) is 17.9. The minimum atomic E-state index is -0.417. The summed E-state index contributed by atoms with van der Waals surface area (Å²) in [7, 11) is 0. The molecule has 0 radical (unpaired) electrons. The summed E-state index contributed by atoms with van der Waals surface area (Å²) in [5, 5.41) is 0. The standard InChI is InChI=1S/C23H22O3/c1-17-6-8-18(9-7-17)12-15-23(25)26-21-13-10-19(11-14-21)16-20-4-2-3-5-22(20)24/h6-16H,2-5H2,1H3/b15-12+,20-16-. The van der Waals surface area contributed by atoms with Crippen molar-refractivity contribution in [1.29, 1.82) is 0 Å². The van der Waals surface area contributed by atoms with E-state index in [2.05, 4.69) is 0 Å². The number of ether oxygens (including phenoxy) is 1. The molecule has 0 heterocycles. The quantitative estimate of drug-likeness (QED) is 0.437. The molecule has 3 nitrogen and oxygen atoms in total. The number of carbonyl (C=O) groups is 2. The van der Waals surface area contributed by atoms with E-state index in [1.54, 1.807) is 18.2 Å². The highest BCUT2D eigenvalue weighted by molar-refractivity contribution is 6.00. The molecule has 1 fully saturated rings. The van der Waals surface area contributed by atoms with E-state index in [1.807, 2.05) is 49.4 Å². The monoisotopic (exact) mass is 346 g/mol. The fourth-order valence-corrected chi connectivity index (χ4v) is 2.88. The lowest BCUT2D eigenvalue weighted by molar-refractivity contribution is -0.128. The van der Waals surface area contributed by atoms with Gasteiger partial charge in [0.15, 0.2) is 5.78 Å². The van der Waals surface area contributed by atoms with Crippen molar-refractivity contribution in [3.05, 3.63) is 76.9 Å². The Morgan fingerprint density at radius 3 is 2.27 bits per heavy atom. The summed E-state index contributed by atoms with van der Waals surface area (Å²) in [6.45, 7) is 2.02. The Labute approximate surface area is 154 Å². The van der Waals surface area contributed by atoms with E-state index in [0.717, 1.165) is 36.0 Å². The molecule has 2 aromatic carbocycles. The number of hydrogen-bond donors (Lipinski definition) is 0. The molecular formula is C23H22O3. The van der Waals surface area contributed by atoms with Gasteiger partial charge in [0.05, 0.1) is 0 Å². The zero-order chi connectivity index (χ0) is 18.4. The van der Waals surface area contributed by atoms with Crippen molar-refractivity contribution < 1.29 is 14.3 Å². The molecule has 0 atom stereocenters. The van der Waals surface area contributed by atoms with Crippen molar-refractivity contribution in [3.63, 3.8) is 0 Å². The molecule has 1 saturated carbocycles. The zero-order valence-electron chi connectivity index (χ0n) is 14.9. The van der Waals surface area contributed by atoms with Gasteiger partial charge in [0, 0.05) is 12.5 Å². The Balaban J connectivity index is 1.60. The van der Waals surface area contributed by atoms with Gasteiger partial charge in [-0.15, -0.1) is 0 Å². The van der Waals surface area contributed by atoms with Crippen LogP contribution in [0, 0.1) is 6.92 Å². The lowest BCUT2D eigenvalue weighted by Gasteiger charge is -2.12. The topological polar surface area (TPSA) is 43.4 Å². The van der Waals surface area contributed by atoms with E-state index in [0.29, 0.717) is 12.2 Å². The van der Waals surface area contributed by atoms with Gasteiger partial charge in [0.1, 0.15) is 5.75 Å². The third kappa shape index (κ3) is 5.03. The number of allylic oxidation sites excluding steroid dienone is 1. The third-order valence-electron chi connectivity index (χ3n) is 4.39. The van der Waals surface area contributed by atoms with Gasteiger partial charge >= 0.3 is 5.97 Å². The summed E-state index contributed by atoms with van der Waals surface area (Å²) >= 11 is 0. The Kier molecular flexibility index (Phi) is 5.80. The number of hydrogen-bond acceptors (Lipinski definition) is 3. The van der Waals surface area contributed by atoms with Crippen LogP contribution in [0.4, 0.5) is 0 Å². The van der Waals surface area contributed by atoms with Crippen LogP contribution >= 0.6 is 0 Å². The highest BCUT2D eigenvalue weighted by atomic mass is 16.5. The number of benzene rings is 2. The number of esters is 1. The van der Waals surface area contributed by atoms with Crippen LogP contribution in [-0.2, 0) is 9.59 Å². The largest absolute Gasteiger partial charge is 0.423 e. The molecule has 1 aliphatic carbocycles. The van der Waals surface area contributed by atoms with E-state index in [4.69, 9.17) is 4.74 Å². The Morgan fingerprint density at radius 2 is 1.58 bits per heavy atom. The van der Waals surface area contributed by atoms with E-state index in [9.17, 15) is 9.59 Å². The van der Waals surface area contributed by atoms with E-state index >= 15 is 0 Å². The summed E-state index contributed by atoms with van der Waals surface area (Å²) in [5.41, 5.74) is 3.97. The summed E-state index contributed by atoms with van der Waals surface area (Å²) < 4.78 is 5.31. The Hall–Kier alpha value is -2.94. The van der Waals surface area contributed by atoms with Gasteiger partial charge in [-0.3, -0.25) is 4.79 Å². The first-order chi connectivity index (χ1) is 12.6. The predicted octanol–water partition coefficient (Wildman–Crippen LogP) is 5.14. The van der Waals surface area contributed by atoms with Crippen LogP contribution in [0.5, 0.6) is 5.75 Å². The Morgan fingerprint density at radius 1 is 0.923 bits per heavy atom. The molecule has 3 rings (SSSR count). The van der Waals surface area contributed by atoms with Gasteiger partial charge in [-0.2, -0.15) is 0 Å². The maximum atomic E-state index is 11.9. The summed E-state index contributed by atoms with van der Waals surface area (Å²) in [6, 6.07) is 15.1. The second kappa shape index (κ2) is 8.43. The molecule has 3 heteroatoms. The van der Waals surface area contributed by atoms with Gasteiger partial charge in [-0.25, -0.2) is 4.79 Å². The highest BCUT2D eigenvalue weighted by Gasteiger charge is 2.14. The average molecular weight is 346 g/mol. The molecule has 0 unspecified atom stereocenters. The van der Waals surface area contributed by atoms with Crippen LogP contribution in [0.3, 0.4) is 0 Å². The molecule has 0 bridgehead atoms. The smallest absolute Gasteiger partial charge is 0.336 e. The highest BCUT2D eigenvalue weighted by Crippen LogP contribution is 2.23. The molecule has 0 amide bonds. The molecule has 1 aliphatic rings. The van der Waals surface area contributed by atoms with Gasteiger partial charge < -0.3 is 4.74 Å². The second-order valence-electron chi connectivity index (χ2n) is 6.53. The van der Waals surface area contributed by atoms with Crippen molar-refractivity contribution in [2.24, 2.45) is 0 Å². The van der Waals surface area contributed by atoms with E-state index in [1.165, 1.54) is 11.6 Å². The summed E-state index contributed by atoms with van der Waals surface area (Å²) in [6.07, 6.45) is 8.64. The van der Waals surface area contributed by atoms with Gasteiger partial charge in [-0.1, -0.05) is 42.0 Å². The first-order valence-electron chi connectivity index (χ1n) is 8.90. The van der Waals surface area contributed by atoms with Crippen molar-refractivity contribution in [2.45, 2.75) is 32.6 Å². The van der Waals surface area contributed by atoms with Gasteiger partial charge in [-0.05, 0) is 67.2 Å². The fraction of sp³-hybridized carbons (Fsp3) is 0.217. The number of ketones is 1. The molecule has 132 valence electrons. The maximum Gasteiger partial charge on any atom is 0.336 e. The van der Waals surface area contributed by atoms with Crippen molar-refractivity contribution in [1.82, 2.24) is 0 Å². The van der Waals surface area contributed by atoms with E-state index < -0.39 is 5.97 Å². The molecule has 0 aromatic heterocycles. The van der Waals surface area contributed by atoms with Crippen LogP contribution in [0.15, 0.2) is 60.2 Å². The third-order valence-corrected chi connectivity index (χ3v) is 4.39. The SMILES string of the molecule is Cc1ccc(/C=C/C(=O)Oc2ccc(/C=C3/CCCCC3=O)cc2)cc1. The number of aryl methyl sites for hydroxylation is 1. The average Bonchev–Trinajstić information content (AvgIpc) is 2.65. The predicted molar refractivity (Wildman–Crippen MR) is 104 cm³/mol. The minimum absolute atomic E-state index is 0.244. The second-order valence-corrected chi connectivity index (χ2v) is 6.53. The van der Waals surface area contributed by atoms with E-state index in [-0.39, 0.29) is 5.78 Å². The lowest BCUT2D eigenvalue weighted by atomic mass is 9.92. The molecule has 0 aliphatic heterocycles. The van der Waals surface area contributed by atoms with Crippen molar-refractivity contribution in [2.75, 3.05) is 0 Å². The number of Topliss-reactive ketones (excluding diaryl/α,β-unsaturated/α-hetero) is 1. The zero-order valence-corrected chi connectivity index (χ0v) is 14.9. The maximum absolute atomic E-state index is 11.9. The summed E-state index contributed by atoms with van der Waals surface area (Å²) in [5.74, 6) is 0.313. The molecule has 2 aromatic rings. The van der Waals surface area contributed by atoms with Crippen LogP contribution in [0.25, 0.3) is 12.2 Å². The van der Waals surface area contributed by atoms with Crippen LogP contribution < -0.4 is 4.74 Å². The molecule has 0 N–H and O–H groups in total. The van der Waals surface area contributed by atoms with Gasteiger partial charge in [0.25, 0.3) is 0 Å². The number of carbonyl (C=O) groups excluding carboxylic acids is 2. The number of rotatable bonds is 4. The molecule has 26 heavy (non-hydrogen) atoms. The Bertz CT molecular complexity index is 840. The van der Waals surface area contributed by atoms with Gasteiger partial charge in [0.2, 0.25) is 0 Å². The minimum Gasteiger partial charge on any atom is -0.423 e.